The van der Waals surface area contributed by atoms with Crippen LogP contribution in [0.1, 0.15) is 10.5 Å². The molecule has 2 aromatic heterocycles. The summed E-state index contributed by atoms with van der Waals surface area (Å²) in [6, 6.07) is 5.01. The number of benzene rings is 1. The van der Waals surface area contributed by atoms with Crippen LogP contribution in [0.25, 0.3) is 10.9 Å². The third kappa shape index (κ3) is 2.33. The first kappa shape index (κ1) is 13.2. The van der Waals surface area contributed by atoms with Crippen LogP contribution in [0.15, 0.2) is 29.8 Å². The molecule has 5 nitrogen and oxygen atoms in total. The van der Waals surface area contributed by atoms with Crippen molar-refractivity contribution in [2.75, 3.05) is 0 Å². The molecule has 1 aromatic carbocycles. The smallest absolute Gasteiger partial charge is 0.365 e. The molecule has 0 aliphatic carbocycles. The zero-order valence-electron chi connectivity index (χ0n) is 9.71. The van der Waals surface area contributed by atoms with Gasteiger partial charge in [0.1, 0.15) is 5.52 Å². The van der Waals surface area contributed by atoms with Crippen molar-refractivity contribution in [2.24, 2.45) is 0 Å². The highest BCUT2D eigenvalue weighted by molar-refractivity contribution is 7.03. The lowest BCUT2D eigenvalue weighted by molar-refractivity contribution is 0.0730. The molecule has 0 bridgehead atoms. The number of carbonyl (C=O) groups is 1. The molecule has 0 N–H and O–H groups in total. The summed E-state index contributed by atoms with van der Waals surface area (Å²) >= 11 is 13.2. The fraction of sp³-hybridized carbons (Fsp3) is 0. The molecule has 3 rings (SSSR count). The van der Waals surface area contributed by atoms with E-state index in [9.17, 15) is 4.79 Å². The number of aromatic nitrogens is 3. The molecule has 0 saturated carbocycles. The van der Waals surface area contributed by atoms with Crippen LogP contribution in [-0.2, 0) is 0 Å². The van der Waals surface area contributed by atoms with Crippen molar-refractivity contribution >= 4 is 51.6 Å². The molecule has 20 heavy (non-hydrogen) atoms. The average molecular weight is 326 g/mol. The summed E-state index contributed by atoms with van der Waals surface area (Å²) < 4.78 is 8.87. The SMILES string of the molecule is O=C(Oc1c(Cl)cc(Cl)c2cccnc12)c1csnn1. The maximum Gasteiger partial charge on any atom is 0.365 e. The molecule has 0 radical (unpaired) electrons. The van der Waals surface area contributed by atoms with Crippen molar-refractivity contribution in [1.82, 2.24) is 14.6 Å². The van der Waals surface area contributed by atoms with Gasteiger partial charge >= 0.3 is 5.97 Å². The largest absolute Gasteiger partial charge is 0.418 e. The third-order valence-corrected chi connectivity index (χ3v) is 3.61. The molecule has 0 aliphatic rings. The number of hydrogen-bond donors (Lipinski definition) is 0. The predicted molar refractivity (Wildman–Crippen MR) is 76.6 cm³/mol. The zero-order valence-corrected chi connectivity index (χ0v) is 12.0. The number of ether oxygens (including phenoxy) is 1. The van der Waals surface area contributed by atoms with E-state index < -0.39 is 5.97 Å². The molecule has 2 heterocycles. The van der Waals surface area contributed by atoms with Gasteiger partial charge in [0.2, 0.25) is 0 Å². The Morgan fingerprint density at radius 2 is 2.15 bits per heavy atom. The molecule has 0 fully saturated rings. The minimum atomic E-state index is -0.644. The van der Waals surface area contributed by atoms with Crippen molar-refractivity contribution < 1.29 is 9.53 Å². The molecule has 0 aliphatic heterocycles. The third-order valence-electron chi connectivity index (χ3n) is 2.51. The molecular formula is C12H5Cl2N3O2S. The van der Waals surface area contributed by atoms with E-state index >= 15 is 0 Å². The second-order valence-corrected chi connectivity index (χ2v) is 5.17. The Morgan fingerprint density at radius 1 is 1.30 bits per heavy atom. The molecule has 8 heteroatoms. The van der Waals surface area contributed by atoms with Gasteiger partial charge in [-0.05, 0) is 29.7 Å². The predicted octanol–water partition coefficient (Wildman–Crippen LogP) is 3.61. The van der Waals surface area contributed by atoms with Crippen molar-refractivity contribution in [3.8, 4) is 5.75 Å². The first-order valence-corrected chi connectivity index (χ1v) is 6.98. The zero-order chi connectivity index (χ0) is 14.1. The van der Waals surface area contributed by atoms with Gasteiger partial charge in [0.05, 0.1) is 10.0 Å². The lowest BCUT2D eigenvalue weighted by atomic mass is 10.2. The Balaban J connectivity index is 2.10. The maximum absolute atomic E-state index is 11.9. The average Bonchev–Trinajstić information content (AvgIpc) is 2.97. The van der Waals surface area contributed by atoms with Gasteiger partial charge in [-0.2, -0.15) is 0 Å². The Labute approximate surface area is 127 Å². The van der Waals surface area contributed by atoms with Crippen LogP contribution in [-0.4, -0.2) is 20.5 Å². The van der Waals surface area contributed by atoms with E-state index in [1.165, 1.54) is 11.4 Å². The van der Waals surface area contributed by atoms with Gasteiger partial charge in [0.15, 0.2) is 11.4 Å². The molecular weight excluding hydrogens is 321 g/mol. The Bertz CT molecular complexity index is 793. The summed E-state index contributed by atoms with van der Waals surface area (Å²) in [6.07, 6.45) is 1.57. The van der Waals surface area contributed by atoms with Crippen LogP contribution in [0.4, 0.5) is 0 Å². The molecule has 100 valence electrons. The number of pyridine rings is 1. The van der Waals surface area contributed by atoms with Crippen molar-refractivity contribution in [1.29, 1.82) is 0 Å². The van der Waals surface area contributed by atoms with E-state index in [1.807, 2.05) is 0 Å². The fourth-order valence-electron chi connectivity index (χ4n) is 1.64. The van der Waals surface area contributed by atoms with E-state index in [0.29, 0.717) is 15.9 Å². The summed E-state index contributed by atoms with van der Waals surface area (Å²) in [4.78, 5) is 16.1. The van der Waals surface area contributed by atoms with Crippen LogP contribution < -0.4 is 4.74 Å². The normalized spacial score (nSPS) is 10.7. The monoisotopic (exact) mass is 325 g/mol. The van der Waals surface area contributed by atoms with Crippen LogP contribution >= 0.6 is 34.7 Å². The Kier molecular flexibility index (Phi) is 3.52. The fourth-order valence-corrected chi connectivity index (χ4v) is 2.62. The van der Waals surface area contributed by atoms with Gasteiger partial charge in [-0.1, -0.05) is 27.7 Å². The number of halogens is 2. The first-order valence-electron chi connectivity index (χ1n) is 5.39. The second kappa shape index (κ2) is 5.32. The summed E-state index contributed by atoms with van der Waals surface area (Å²) in [5.74, 6) is -0.486. The number of fused-ring (bicyclic) bond motifs is 1. The number of nitrogens with zero attached hydrogens (tertiary/aromatic N) is 3. The van der Waals surface area contributed by atoms with Gasteiger partial charge in [0.25, 0.3) is 0 Å². The standard InChI is InChI=1S/C12H5Cl2N3O2S/c13-7-4-8(14)11(10-6(7)2-1-3-15-10)19-12(18)9-5-20-17-16-9/h1-5H. The second-order valence-electron chi connectivity index (χ2n) is 3.75. The molecule has 0 unspecified atom stereocenters. The molecule has 3 aromatic rings. The van der Waals surface area contributed by atoms with Gasteiger partial charge in [0, 0.05) is 17.0 Å². The van der Waals surface area contributed by atoms with E-state index in [4.69, 9.17) is 27.9 Å². The molecule has 0 amide bonds. The van der Waals surface area contributed by atoms with E-state index in [0.717, 1.165) is 11.5 Å². The van der Waals surface area contributed by atoms with Gasteiger partial charge in [-0.3, -0.25) is 4.98 Å². The minimum Gasteiger partial charge on any atom is -0.418 e. The summed E-state index contributed by atoms with van der Waals surface area (Å²) in [6.45, 7) is 0. The highest BCUT2D eigenvalue weighted by atomic mass is 35.5. The first-order chi connectivity index (χ1) is 9.66. The Morgan fingerprint density at radius 3 is 2.90 bits per heavy atom. The highest BCUT2D eigenvalue weighted by Gasteiger charge is 2.18. The number of esters is 1. The Hall–Kier alpha value is -1.76. The lowest BCUT2D eigenvalue weighted by Crippen LogP contribution is -2.10. The van der Waals surface area contributed by atoms with E-state index in [2.05, 4.69) is 14.6 Å². The topological polar surface area (TPSA) is 65.0 Å². The summed E-state index contributed by atoms with van der Waals surface area (Å²) in [5, 5.41) is 6.43. The van der Waals surface area contributed by atoms with Crippen LogP contribution in [0.3, 0.4) is 0 Å². The minimum absolute atomic E-state index is 0.116. The molecule has 0 atom stereocenters. The van der Waals surface area contributed by atoms with Crippen molar-refractivity contribution in [3.05, 3.63) is 45.5 Å². The maximum atomic E-state index is 11.9. The van der Waals surface area contributed by atoms with Crippen LogP contribution in [0, 0.1) is 0 Å². The summed E-state index contributed by atoms with van der Waals surface area (Å²) in [7, 11) is 0. The molecule has 0 spiro atoms. The quantitative estimate of drug-likeness (QED) is 0.532. The van der Waals surface area contributed by atoms with Crippen molar-refractivity contribution in [3.63, 3.8) is 0 Å². The number of hydrogen-bond acceptors (Lipinski definition) is 6. The number of rotatable bonds is 2. The van der Waals surface area contributed by atoms with Crippen LogP contribution in [0.5, 0.6) is 5.75 Å². The van der Waals surface area contributed by atoms with Gasteiger partial charge in [-0.25, -0.2) is 4.79 Å². The van der Waals surface area contributed by atoms with E-state index in [-0.39, 0.29) is 16.5 Å². The van der Waals surface area contributed by atoms with Gasteiger partial charge < -0.3 is 4.74 Å². The number of carbonyl (C=O) groups excluding carboxylic acids is 1. The van der Waals surface area contributed by atoms with E-state index in [1.54, 1.807) is 18.3 Å². The molecule has 0 saturated heterocycles. The summed E-state index contributed by atoms with van der Waals surface area (Å²) in [5.41, 5.74) is 0.534. The van der Waals surface area contributed by atoms with Crippen molar-refractivity contribution in [2.45, 2.75) is 0 Å². The van der Waals surface area contributed by atoms with Gasteiger partial charge in [-0.15, -0.1) is 5.10 Å². The lowest BCUT2D eigenvalue weighted by Gasteiger charge is -2.09. The highest BCUT2D eigenvalue weighted by Crippen LogP contribution is 2.37. The van der Waals surface area contributed by atoms with Crippen LogP contribution in [0.2, 0.25) is 10.0 Å².